The fourth-order valence-corrected chi connectivity index (χ4v) is 6.84. The molecular formula is C40H31BO4. The van der Waals surface area contributed by atoms with E-state index in [-0.39, 0.29) is 0 Å². The monoisotopic (exact) mass is 586 g/mol. The van der Waals surface area contributed by atoms with Gasteiger partial charge in [-0.15, -0.1) is 0 Å². The van der Waals surface area contributed by atoms with E-state index in [4.69, 9.17) is 18.1 Å². The maximum atomic E-state index is 6.72. The van der Waals surface area contributed by atoms with Gasteiger partial charge < -0.3 is 18.1 Å². The highest BCUT2D eigenvalue weighted by Crippen LogP contribution is 2.44. The van der Waals surface area contributed by atoms with E-state index < -0.39 is 18.3 Å². The minimum atomic E-state index is -0.494. The van der Waals surface area contributed by atoms with Crippen LogP contribution in [0.15, 0.2) is 124 Å². The summed E-state index contributed by atoms with van der Waals surface area (Å²) in [6.45, 7) is 8.34. The van der Waals surface area contributed by atoms with Crippen molar-refractivity contribution >= 4 is 67.2 Å². The fourth-order valence-electron chi connectivity index (χ4n) is 6.84. The van der Waals surface area contributed by atoms with Crippen LogP contribution in [0.4, 0.5) is 0 Å². The molecule has 5 heteroatoms. The smallest absolute Gasteiger partial charge is 0.456 e. The first-order chi connectivity index (χ1) is 21.8. The van der Waals surface area contributed by atoms with E-state index in [9.17, 15) is 0 Å². The summed E-state index contributed by atoms with van der Waals surface area (Å²) >= 11 is 0. The Balaban J connectivity index is 1.30. The topological polar surface area (TPSA) is 44.7 Å². The number of benzene rings is 6. The molecule has 8 aromatic rings. The molecule has 6 aromatic carbocycles. The van der Waals surface area contributed by atoms with E-state index in [2.05, 4.69) is 125 Å². The summed E-state index contributed by atoms with van der Waals surface area (Å²) in [5, 5.41) is 6.61. The summed E-state index contributed by atoms with van der Waals surface area (Å²) in [5.41, 5.74) is 7.92. The zero-order valence-electron chi connectivity index (χ0n) is 25.7. The third kappa shape index (κ3) is 3.94. The second-order valence-corrected chi connectivity index (χ2v) is 13.2. The van der Waals surface area contributed by atoms with Crippen LogP contribution in [0.3, 0.4) is 0 Å². The Hall–Kier alpha value is -4.84. The van der Waals surface area contributed by atoms with E-state index in [1.807, 2.05) is 18.2 Å². The summed E-state index contributed by atoms with van der Waals surface area (Å²) < 4.78 is 26.1. The van der Waals surface area contributed by atoms with Gasteiger partial charge in [0.05, 0.1) is 11.2 Å². The molecule has 0 amide bonds. The molecule has 0 aliphatic carbocycles. The molecule has 0 unspecified atom stereocenters. The largest absolute Gasteiger partial charge is 0.495 e. The molecule has 0 bridgehead atoms. The zero-order valence-corrected chi connectivity index (χ0v) is 25.7. The second kappa shape index (κ2) is 9.34. The molecule has 45 heavy (non-hydrogen) atoms. The van der Waals surface area contributed by atoms with Crippen molar-refractivity contribution in [3.05, 3.63) is 115 Å². The molecule has 1 saturated heterocycles. The molecule has 9 rings (SSSR count). The number of furan rings is 2. The van der Waals surface area contributed by atoms with Gasteiger partial charge >= 0.3 is 7.12 Å². The first-order valence-corrected chi connectivity index (χ1v) is 15.5. The highest BCUT2D eigenvalue weighted by atomic mass is 16.7. The molecule has 0 saturated carbocycles. The Kier molecular flexibility index (Phi) is 5.51. The summed E-state index contributed by atoms with van der Waals surface area (Å²) in [4.78, 5) is 0. The minimum absolute atomic E-state index is 0.441. The van der Waals surface area contributed by atoms with Gasteiger partial charge in [-0.2, -0.15) is 0 Å². The molecule has 1 fully saturated rings. The first-order valence-electron chi connectivity index (χ1n) is 15.5. The van der Waals surface area contributed by atoms with Gasteiger partial charge in [-0.1, -0.05) is 78.9 Å². The van der Waals surface area contributed by atoms with Crippen molar-refractivity contribution in [1.82, 2.24) is 0 Å². The quantitative estimate of drug-likeness (QED) is 0.193. The van der Waals surface area contributed by atoms with Gasteiger partial charge in [-0.05, 0) is 97.0 Å². The predicted octanol–water partition coefficient (Wildman–Crippen LogP) is 10.3. The van der Waals surface area contributed by atoms with Crippen LogP contribution in [0.2, 0.25) is 0 Å². The molecule has 0 N–H and O–H groups in total. The summed E-state index contributed by atoms with van der Waals surface area (Å²) in [6, 6.07) is 40.3. The Morgan fingerprint density at radius 1 is 0.489 bits per heavy atom. The fraction of sp³-hybridized carbons (Fsp3) is 0.150. The third-order valence-corrected chi connectivity index (χ3v) is 9.92. The Morgan fingerprint density at radius 3 is 1.96 bits per heavy atom. The number of hydrogen-bond donors (Lipinski definition) is 0. The average Bonchev–Trinajstić information content (AvgIpc) is 3.67. The van der Waals surface area contributed by atoms with Crippen molar-refractivity contribution in [2.24, 2.45) is 0 Å². The molecular weight excluding hydrogens is 555 g/mol. The molecule has 218 valence electrons. The number of rotatable bonds is 3. The lowest BCUT2D eigenvalue weighted by Crippen LogP contribution is -2.41. The van der Waals surface area contributed by atoms with Gasteiger partial charge in [0.1, 0.15) is 22.3 Å². The van der Waals surface area contributed by atoms with Crippen molar-refractivity contribution in [3.63, 3.8) is 0 Å². The van der Waals surface area contributed by atoms with Crippen LogP contribution in [-0.4, -0.2) is 18.3 Å². The van der Waals surface area contributed by atoms with Crippen LogP contribution in [-0.2, 0) is 9.31 Å². The SMILES string of the molecule is CC1(C)OB(c2cccc3oc4ccc(-c5ccc(-c6ccccc6)c6oc7cc8ccccc8cc7c56)cc4c23)OC1(C)C. The van der Waals surface area contributed by atoms with Crippen LogP contribution >= 0.6 is 0 Å². The van der Waals surface area contributed by atoms with Gasteiger partial charge in [-0.3, -0.25) is 0 Å². The highest BCUT2D eigenvalue weighted by Gasteiger charge is 2.52. The lowest BCUT2D eigenvalue weighted by Gasteiger charge is -2.32. The Labute approximate surface area is 261 Å². The first kappa shape index (κ1) is 26.6. The second-order valence-electron chi connectivity index (χ2n) is 13.2. The normalized spacial score (nSPS) is 16.1. The molecule has 1 aliphatic heterocycles. The van der Waals surface area contributed by atoms with E-state index in [1.165, 1.54) is 5.39 Å². The summed E-state index contributed by atoms with van der Waals surface area (Å²) in [7, 11) is -0.494. The van der Waals surface area contributed by atoms with Gasteiger partial charge in [0.15, 0.2) is 0 Å². The van der Waals surface area contributed by atoms with E-state index >= 15 is 0 Å². The van der Waals surface area contributed by atoms with E-state index in [0.29, 0.717) is 0 Å². The van der Waals surface area contributed by atoms with E-state index in [0.717, 1.165) is 77.0 Å². The molecule has 2 aromatic heterocycles. The Morgan fingerprint density at radius 2 is 1.18 bits per heavy atom. The van der Waals surface area contributed by atoms with Crippen LogP contribution < -0.4 is 5.46 Å². The lowest BCUT2D eigenvalue weighted by molar-refractivity contribution is 0.00578. The molecule has 1 aliphatic rings. The van der Waals surface area contributed by atoms with Crippen LogP contribution in [0.1, 0.15) is 27.7 Å². The molecule has 3 heterocycles. The van der Waals surface area contributed by atoms with Crippen molar-refractivity contribution in [2.45, 2.75) is 38.9 Å². The number of fused-ring (bicyclic) bond motifs is 7. The predicted molar refractivity (Wildman–Crippen MR) is 185 cm³/mol. The van der Waals surface area contributed by atoms with Gasteiger partial charge in [-0.25, -0.2) is 0 Å². The molecule has 0 atom stereocenters. The maximum Gasteiger partial charge on any atom is 0.495 e. The van der Waals surface area contributed by atoms with Crippen LogP contribution in [0, 0.1) is 0 Å². The van der Waals surface area contributed by atoms with Gasteiger partial charge in [0.2, 0.25) is 0 Å². The third-order valence-electron chi connectivity index (χ3n) is 9.92. The van der Waals surface area contributed by atoms with Crippen LogP contribution in [0.5, 0.6) is 0 Å². The summed E-state index contributed by atoms with van der Waals surface area (Å²) in [5.74, 6) is 0. The summed E-state index contributed by atoms with van der Waals surface area (Å²) in [6.07, 6.45) is 0. The number of hydrogen-bond acceptors (Lipinski definition) is 4. The molecule has 0 spiro atoms. The van der Waals surface area contributed by atoms with Crippen molar-refractivity contribution in [1.29, 1.82) is 0 Å². The maximum absolute atomic E-state index is 6.72. The van der Waals surface area contributed by atoms with Gasteiger partial charge in [0.25, 0.3) is 0 Å². The highest BCUT2D eigenvalue weighted by molar-refractivity contribution is 6.66. The molecule has 0 radical (unpaired) electrons. The Bertz CT molecular complexity index is 2430. The minimum Gasteiger partial charge on any atom is -0.456 e. The molecule has 4 nitrogen and oxygen atoms in total. The van der Waals surface area contributed by atoms with Crippen molar-refractivity contribution in [2.75, 3.05) is 0 Å². The van der Waals surface area contributed by atoms with Gasteiger partial charge in [0, 0.05) is 27.1 Å². The standard InChI is InChI=1S/C40H31BO4/c1-39(2)40(3,4)45-41(44-39)32-15-10-16-34-37(32)30-22-27(17-20-33(30)42-34)28-18-19-29(24-11-6-5-7-12-24)38-36(28)31-21-25-13-8-9-14-26(25)23-35(31)43-38/h5-23H,1-4H3. The van der Waals surface area contributed by atoms with Crippen molar-refractivity contribution < 1.29 is 18.1 Å². The lowest BCUT2D eigenvalue weighted by atomic mass is 9.76. The van der Waals surface area contributed by atoms with E-state index in [1.54, 1.807) is 0 Å². The van der Waals surface area contributed by atoms with Crippen LogP contribution in [0.25, 0.3) is 76.9 Å². The van der Waals surface area contributed by atoms with Crippen molar-refractivity contribution in [3.8, 4) is 22.3 Å². The zero-order chi connectivity index (χ0) is 30.5. The average molecular weight is 586 g/mol.